The summed E-state index contributed by atoms with van der Waals surface area (Å²) in [5.41, 5.74) is 2.05. The summed E-state index contributed by atoms with van der Waals surface area (Å²) in [6.07, 6.45) is -2.14. The molecular weight excluding hydrogens is 328 g/mol. The molecule has 0 saturated heterocycles. The van der Waals surface area contributed by atoms with E-state index < -0.39 is 11.7 Å². The fourth-order valence-corrected chi connectivity index (χ4v) is 3.06. The van der Waals surface area contributed by atoms with Crippen LogP contribution >= 0.6 is 0 Å². The Hall–Kier alpha value is -1.84. The van der Waals surface area contributed by atoms with Gasteiger partial charge in [-0.15, -0.1) is 0 Å². The monoisotopic (exact) mass is 352 g/mol. The Morgan fingerprint density at radius 3 is 1.92 bits per heavy atom. The van der Waals surface area contributed by atoms with E-state index in [1.165, 1.54) is 18.2 Å². The van der Waals surface area contributed by atoms with Crippen LogP contribution in [0.1, 0.15) is 43.0 Å². The van der Waals surface area contributed by atoms with Gasteiger partial charge >= 0.3 is 6.18 Å². The second-order valence-corrected chi connectivity index (χ2v) is 7.23. The molecule has 0 amide bonds. The summed E-state index contributed by atoms with van der Waals surface area (Å²) in [6.45, 7) is 6.17. The highest BCUT2D eigenvalue weighted by Crippen LogP contribution is 2.29. The van der Waals surface area contributed by atoms with Crippen molar-refractivity contribution in [2.45, 2.75) is 46.2 Å². The lowest BCUT2D eigenvalue weighted by Crippen LogP contribution is -2.07. The van der Waals surface area contributed by atoms with Crippen molar-refractivity contribution in [2.75, 3.05) is 0 Å². The Kier molecular flexibility index (Phi) is 6.26. The molecule has 25 heavy (non-hydrogen) atoms. The van der Waals surface area contributed by atoms with Gasteiger partial charge in [0.2, 0.25) is 0 Å². The molecule has 0 aliphatic heterocycles. The van der Waals surface area contributed by atoms with Gasteiger partial charge in [0.25, 0.3) is 0 Å². The molecule has 1 atom stereocenters. The maximum absolute atomic E-state index is 13.9. The molecule has 0 radical (unpaired) electrons. The van der Waals surface area contributed by atoms with Crippen molar-refractivity contribution in [1.82, 2.24) is 0 Å². The molecular formula is C21H24F4. The Balaban J connectivity index is 2.01. The predicted octanol–water partition coefficient (Wildman–Crippen LogP) is 6.46. The van der Waals surface area contributed by atoms with Crippen LogP contribution in [0, 0.1) is 17.7 Å². The standard InChI is InChI=1S/C21H24F4/c1-14(2)10-18-13-17(6-9-20(18)22)12-15(3)11-16-4-7-19(8-5-16)21(23,24)25/h4-9,13-15H,10-12H2,1-3H3. The van der Waals surface area contributed by atoms with E-state index in [9.17, 15) is 17.6 Å². The van der Waals surface area contributed by atoms with E-state index >= 15 is 0 Å². The molecule has 4 heteroatoms. The number of hydrogen-bond donors (Lipinski definition) is 0. The van der Waals surface area contributed by atoms with E-state index in [2.05, 4.69) is 20.8 Å². The van der Waals surface area contributed by atoms with Crippen LogP contribution in [0.2, 0.25) is 0 Å². The van der Waals surface area contributed by atoms with Gasteiger partial charge < -0.3 is 0 Å². The van der Waals surface area contributed by atoms with Gasteiger partial charge in [0, 0.05) is 0 Å². The predicted molar refractivity (Wildman–Crippen MR) is 93.0 cm³/mol. The van der Waals surface area contributed by atoms with E-state index in [-0.39, 0.29) is 11.7 Å². The van der Waals surface area contributed by atoms with Crippen LogP contribution in [0.5, 0.6) is 0 Å². The normalized spacial score (nSPS) is 13.3. The number of benzene rings is 2. The molecule has 0 aromatic heterocycles. The van der Waals surface area contributed by atoms with Crippen LogP contribution in [-0.2, 0) is 25.4 Å². The summed E-state index contributed by atoms with van der Waals surface area (Å²) >= 11 is 0. The average molecular weight is 352 g/mol. The zero-order valence-corrected chi connectivity index (χ0v) is 14.8. The molecule has 2 aromatic rings. The van der Waals surface area contributed by atoms with Gasteiger partial charge in [-0.1, -0.05) is 45.0 Å². The van der Waals surface area contributed by atoms with Gasteiger partial charge in [-0.25, -0.2) is 4.39 Å². The average Bonchev–Trinajstić information content (AvgIpc) is 2.49. The van der Waals surface area contributed by atoms with Crippen molar-refractivity contribution < 1.29 is 17.6 Å². The van der Waals surface area contributed by atoms with Crippen molar-refractivity contribution in [2.24, 2.45) is 11.8 Å². The van der Waals surface area contributed by atoms with Crippen LogP contribution in [0.15, 0.2) is 42.5 Å². The van der Waals surface area contributed by atoms with E-state index in [4.69, 9.17) is 0 Å². The fourth-order valence-electron chi connectivity index (χ4n) is 3.06. The van der Waals surface area contributed by atoms with Crippen molar-refractivity contribution in [3.05, 3.63) is 70.5 Å². The second kappa shape index (κ2) is 8.03. The quantitative estimate of drug-likeness (QED) is 0.523. The maximum atomic E-state index is 13.9. The third-order valence-corrected chi connectivity index (χ3v) is 4.19. The highest BCUT2D eigenvalue weighted by atomic mass is 19.4. The van der Waals surface area contributed by atoms with Crippen LogP contribution in [0.4, 0.5) is 17.6 Å². The lowest BCUT2D eigenvalue weighted by molar-refractivity contribution is -0.137. The fraction of sp³-hybridized carbons (Fsp3) is 0.429. The molecule has 136 valence electrons. The van der Waals surface area contributed by atoms with Gasteiger partial charge in [0.05, 0.1) is 5.56 Å². The van der Waals surface area contributed by atoms with Gasteiger partial charge in [0.1, 0.15) is 5.82 Å². The van der Waals surface area contributed by atoms with E-state index in [1.807, 2.05) is 6.07 Å². The molecule has 0 nitrogen and oxygen atoms in total. The Bertz CT molecular complexity index is 684. The van der Waals surface area contributed by atoms with Crippen molar-refractivity contribution >= 4 is 0 Å². The minimum Gasteiger partial charge on any atom is -0.207 e. The molecule has 0 heterocycles. The lowest BCUT2D eigenvalue weighted by atomic mass is 9.92. The van der Waals surface area contributed by atoms with Gasteiger partial charge in [-0.2, -0.15) is 13.2 Å². The van der Waals surface area contributed by atoms with Crippen molar-refractivity contribution in [1.29, 1.82) is 0 Å². The summed E-state index contributed by atoms with van der Waals surface area (Å²) in [7, 11) is 0. The van der Waals surface area contributed by atoms with Gasteiger partial charge in [-0.05, 0) is 66.0 Å². The summed E-state index contributed by atoms with van der Waals surface area (Å²) in [5, 5.41) is 0. The van der Waals surface area contributed by atoms with Crippen LogP contribution in [0.3, 0.4) is 0 Å². The molecule has 0 fully saturated rings. The van der Waals surface area contributed by atoms with Gasteiger partial charge in [0.15, 0.2) is 0 Å². The smallest absolute Gasteiger partial charge is 0.207 e. The first-order chi connectivity index (χ1) is 11.6. The molecule has 0 saturated carbocycles. The number of rotatable bonds is 6. The third-order valence-electron chi connectivity index (χ3n) is 4.19. The minimum absolute atomic E-state index is 0.173. The van der Waals surface area contributed by atoms with E-state index in [1.54, 1.807) is 6.07 Å². The van der Waals surface area contributed by atoms with Crippen LogP contribution < -0.4 is 0 Å². The molecule has 1 unspecified atom stereocenters. The Labute approximate surface area is 146 Å². The SMILES string of the molecule is CC(C)Cc1cc(CC(C)Cc2ccc(C(F)(F)F)cc2)ccc1F. The zero-order valence-electron chi connectivity index (χ0n) is 14.8. The number of halogens is 4. The number of hydrogen-bond acceptors (Lipinski definition) is 0. The van der Waals surface area contributed by atoms with Crippen LogP contribution in [-0.4, -0.2) is 0 Å². The molecule has 0 bridgehead atoms. The molecule has 0 aliphatic rings. The first kappa shape index (κ1) is 19.5. The van der Waals surface area contributed by atoms with Crippen molar-refractivity contribution in [3.63, 3.8) is 0 Å². The Morgan fingerprint density at radius 1 is 0.800 bits per heavy atom. The number of alkyl halides is 3. The minimum atomic E-state index is -4.30. The Morgan fingerprint density at radius 2 is 1.36 bits per heavy atom. The lowest BCUT2D eigenvalue weighted by Gasteiger charge is -2.14. The summed E-state index contributed by atoms with van der Waals surface area (Å²) < 4.78 is 51.7. The summed E-state index contributed by atoms with van der Waals surface area (Å²) in [5.74, 6) is 0.469. The highest BCUT2D eigenvalue weighted by molar-refractivity contribution is 5.27. The van der Waals surface area contributed by atoms with Crippen LogP contribution in [0.25, 0.3) is 0 Å². The van der Waals surface area contributed by atoms with E-state index in [0.717, 1.165) is 35.2 Å². The van der Waals surface area contributed by atoms with Gasteiger partial charge in [-0.3, -0.25) is 0 Å². The highest BCUT2D eigenvalue weighted by Gasteiger charge is 2.29. The third kappa shape index (κ3) is 5.87. The summed E-state index contributed by atoms with van der Waals surface area (Å²) in [6, 6.07) is 10.5. The molecule has 2 rings (SSSR count). The molecule has 0 N–H and O–H groups in total. The van der Waals surface area contributed by atoms with E-state index in [0.29, 0.717) is 18.8 Å². The largest absolute Gasteiger partial charge is 0.416 e. The second-order valence-electron chi connectivity index (χ2n) is 7.23. The molecule has 0 spiro atoms. The maximum Gasteiger partial charge on any atom is 0.416 e. The first-order valence-corrected chi connectivity index (χ1v) is 8.58. The zero-order chi connectivity index (χ0) is 18.6. The van der Waals surface area contributed by atoms with Crippen molar-refractivity contribution in [3.8, 4) is 0 Å². The molecule has 2 aromatic carbocycles. The first-order valence-electron chi connectivity index (χ1n) is 8.58. The summed E-state index contributed by atoms with van der Waals surface area (Å²) in [4.78, 5) is 0. The molecule has 0 aliphatic carbocycles. The topological polar surface area (TPSA) is 0 Å².